The molecular formula is C13H20N2O2. The normalized spacial score (nSPS) is 19.9. The molecule has 17 heavy (non-hydrogen) atoms. The summed E-state index contributed by atoms with van der Waals surface area (Å²) in [6.45, 7) is 5.29. The third-order valence-electron chi connectivity index (χ3n) is 2.89. The van der Waals surface area contributed by atoms with E-state index in [0.717, 1.165) is 31.9 Å². The Balaban J connectivity index is 1.88. The third kappa shape index (κ3) is 3.60. The lowest BCUT2D eigenvalue weighted by Crippen LogP contribution is -2.24. The van der Waals surface area contributed by atoms with Crippen molar-refractivity contribution < 1.29 is 9.47 Å². The molecule has 1 N–H and O–H groups in total. The topological polar surface area (TPSA) is 43.4 Å². The highest BCUT2D eigenvalue weighted by Crippen LogP contribution is 2.22. The first-order chi connectivity index (χ1) is 8.40. The SMILES string of the molecule is CCOc1ncccc1NCC1CCCOC1. The highest BCUT2D eigenvalue weighted by atomic mass is 16.5. The van der Waals surface area contributed by atoms with Crippen LogP contribution in [-0.2, 0) is 4.74 Å². The van der Waals surface area contributed by atoms with Crippen molar-refractivity contribution in [3.63, 3.8) is 0 Å². The smallest absolute Gasteiger partial charge is 0.237 e. The van der Waals surface area contributed by atoms with E-state index in [0.29, 0.717) is 18.4 Å². The van der Waals surface area contributed by atoms with Crippen molar-refractivity contribution in [2.45, 2.75) is 19.8 Å². The molecule has 94 valence electrons. The highest BCUT2D eigenvalue weighted by molar-refractivity contribution is 5.51. The van der Waals surface area contributed by atoms with Gasteiger partial charge in [-0.05, 0) is 37.8 Å². The van der Waals surface area contributed by atoms with Crippen LogP contribution >= 0.6 is 0 Å². The second-order valence-corrected chi connectivity index (χ2v) is 4.25. The zero-order chi connectivity index (χ0) is 11.9. The Hall–Kier alpha value is -1.29. The fourth-order valence-electron chi connectivity index (χ4n) is 2.00. The Morgan fingerprint density at radius 2 is 2.53 bits per heavy atom. The Morgan fingerprint density at radius 3 is 3.29 bits per heavy atom. The third-order valence-corrected chi connectivity index (χ3v) is 2.89. The van der Waals surface area contributed by atoms with Crippen LogP contribution in [0.1, 0.15) is 19.8 Å². The van der Waals surface area contributed by atoms with Gasteiger partial charge in [-0.15, -0.1) is 0 Å². The maximum absolute atomic E-state index is 5.47. The van der Waals surface area contributed by atoms with E-state index in [1.807, 2.05) is 19.1 Å². The molecule has 1 aliphatic rings. The lowest BCUT2D eigenvalue weighted by molar-refractivity contribution is 0.0595. The number of rotatable bonds is 5. The summed E-state index contributed by atoms with van der Waals surface area (Å²) in [7, 11) is 0. The van der Waals surface area contributed by atoms with Crippen molar-refractivity contribution >= 4 is 5.69 Å². The Kier molecular flexibility index (Phi) is 4.62. The number of ether oxygens (including phenoxy) is 2. The molecule has 2 rings (SSSR count). The molecule has 1 saturated heterocycles. The van der Waals surface area contributed by atoms with Crippen LogP contribution in [-0.4, -0.2) is 31.3 Å². The molecule has 0 aromatic carbocycles. The maximum atomic E-state index is 5.47. The van der Waals surface area contributed by atoms with Gasteiger partial charge in [-0.3, -0.25) is 0 Å². The van der Waals surface area contributed by atoms with E-state index in [1.165, 1.54) is 6.42 Å². The summed E-state index contributed by atoms with van der Waals surface area (Å²) in [5.41, 5.74) is 0.972. The van der Waals surface area contributed by atoms with Crippen LogP contribution in [0.15, 0.2) is 18.3 Å². The number of hydrogen-bond donors (Lipinski definition) is 1. The predicted molar refractivity (Wildman–Crippen MR) is 67.4 cm³/mol. The predicted octanol–water partition coefficient (Wildman–Crippen LogP) is 2.32. The van der Waals surface area contributed by atoms with Gasteiger partial charge >= 0.3 is 0 Å². The van der Waals surface area contributed by atoms with Crippen LogP contribution in [0.3, 0.4) is 0 Å². The van der Waals surface area contributed by atoms with Crippen molar-refractivity contribution in [1.82, 2.24) is 4.98 Å². The van der Waals surface area contributed by atoms with E-state index >= 15 is 0 Å². The molecule has 0 radical (unpaired) electrons. The first kappa shape index (κ1) is 12.2. The summed E-state index contributed by atoms with van der Waals surface area (Å²) in [6, 6.07) is 3.92. The van der Waals surface area contributed by atoms with Crippen molar-refractivity contribution in [2.75, 3.05) is 31.7 Å². The summed E-state index contributed by atoms with van der Waals surface area (Å²) in [4.78, 5) is 4.22. The number of anilines is 1. The maximum Gasteiger partial charge on any atom is 0.237 e. The van der Waals surface area contributed by atoms with Gasteiger partial charge in [-0.2, -0.15) is 0 Å². The summed E-state index contributed by atoms with van der Waals surface area (Å²) in [5, 5.41) is 3.40. The van der Waals surface area contributed by atoms with E-state index in [4.69, 9.17) is 9.47 Å². The van der Waals surface area contributed by atoms with Crippen LogP contribution in [0.5, 0.6) is 5.88 Å². The molecule has 0 aliphatic carbocycles. The first-order valence-electron chi connectivity index (χ1n) is 6.29. The van der Waals surface area contributed by atoms with Gasteiger partial charge in [0.2, 0.25) is 5.88 Å². The van der Waals surface area contributed by atoms with Gasteiger partial charge in [0.1, 0.15) is 0 Å². The van der Waals surface area contributed by atoms with Crippen LogP contribution in [0.2, 0.25) is 0 Å². The van der Waals surface area contributed by atoms with Gasteiger partial charge in [-0.1, -0.05) is 0 Å². The minimum absolute atomic E-state index is 0.596. The molecule has 1 fully saturated rings. The minimum Gasteiger partial charge on any atom is -0.476 e. The molecule has 0 saturated carbocycles. The largest absolute Gasteiger partial charge is 0.476 e. The van der Waals surface area contributed by atoms with Crippen LogP contribution in [0.4, 0.5) is 5.69 Å². The second kappa shape index (κ2) is 6.45. The fourth-order valence-corrected chi connectivity index (χ4v) is 2.00. The summed E-state index contributed by atoms with van der Waals surface area (Å²) < 4.78 is 10.9. The Labute approximate surface area is 102 Å². The zero-order valence-electron chi connectivity index (χ0n) is 10.3. The van der Waals surface area contributed by atoms with Crippen molar-refractivity contribution in [3.8, 4) is 5.88 Å². The average Bonchev–Trinajstić information content (AvgIpc) is 2.39. The van der Waals surface area contributed by atoms with Gasteiger partial charge in [-0.25, -0.2) is 4.98 Å². The minimum atomic E-state index is 0.596. The molecule has 1 unspecified atom stereocenters. The van der Waals surface area contributed by atoms with E-state index in [1.54, 1.807) is 6.20 Å². The molecule has 1 aromatic heterocycles. The molecule has 1 aromatic rings. The van der Waals surface area contributed by atoms with E-state index in [9.17, 15) is 0 Å². The standard InChI is InChI=1S/C13H20N2O2/c1-2-17-13-12(6-3-7-14-13)15-9-11-5-4-8-16-10-11/h3,6-7,11,15H,2,4-5,8-10H2,1H3. The Bertz CT molecular complexity index is 338. The number of pyridine rings is 1. The van der Waals surface area contributed by atoms with E-state index in [2.05, 4.69) is 10.3 Å². The van der Waals surface area contributed by atoms with E-state index < -0.39 is 0 Å². The van der Waals surface area contributed by atoms with Crippen molar-refractivity contribution in [2.24, 2.45) is 5.92 Å². The monoisotopic (exact) mass is 236 g/mol. The number of hydrogen-bond acceptors (Lipinski definition) is 4. The Morgan fingerprint density at radius 1 is 1.59 bits per heavy atom. The van der Waals surface area contributed by atoms with Gasteiger partial charge in [0.25, 0.3) is 0 Å². The summed E-state index contributed by atoms with van der Waals surface area (Å²) in [5.74, 6) is 1.28. The van der Waals surface area contributed by atoms with E-state index in [-0.39, 0.29) is 0 Å². The molecule has 0 amide bonds. The number of nitrogens with one attached hydrogen (secondary N) is 1. The summed E-state index contributed by atoms with van der Waals surface area (Å²) >= 11 is 0. The number of nitrogens with zero attached hydrogens (tertiary/aromatic N) is 1. The molecule has 4 nitrogen and oxygen atoms in total. The van der Waals surface area contributed by atoms with Gasteiger partial charge in [0.05, 0.1) is 18.9 Å². The number of aromatic nitrogens is 1. The van der Waals surface area contributed by atoms with Crippen LogP contribution in [0.25, 0.3) is 0 Å². The molecule has 1 atom stereocenters. The van der Waals surface area contributed by atoms with Crippen molar-refractivity contribution in [1.29, 1.82) is 0 Å². The average molecular weight is 236 g/mol. The quantitative estimate of drug-likeness (QED) is 0.852. The first-order valence-corrected chi connectivity index (χ1v) is 6.29. The molecule has 0 spiro atoms. The summed E-state index contributed by atoms with van der Waals surface area (Å²) in [6.07, 6.45) is 4.15. The molecular weight excluding hydrogens is 216 g/mol. The fraction of sp³-hybridized carbons (Fsp3) is 0.615. The van der Waals surface area contributed by atoms with Crippen LogP contribution in [0, 0.1) is 5.92 Å². The van der Waals surface area contributed by atoms with Crippen molar-refractivity contribution in [3.05, 3.63) is 18.3 Å². The van der Waals surface area contributed by atoms with Crippen LogP contribution < -0.4 is 10.1 Å². The molecule has 4 heteroatoms. The lowest BCUT2D eigenvalue weighted by Gasteiger charge is -2.23. The molecule has 0 bridgehead atoms. The lowest BCUT2D eigenvalue weighted by atomic mass is 10.0. The zero-order valence-corrected chi connectivity index (χ0v) is 10.3. The van der Waals surface area contributed by atoms with Gasteiger partial charge in [0, 0.05) is 19.3 Å². The second-order valence-electron chi connectivity index (χ2n) is 4.25. The van der Waals surface area contributed by atoms with Gasteiger partial charge < -0.3 is 14.8 Å². The molecule has 1 aliphatic heterocycles. The highest BCUT2D eigenvalue weighted by Gasteiger charge is 2.14. The van der Waals surface area contributed by atoms with Gasteiger partial charge in [0.15, 0.2) is 0 Å². The molecule has 2 heterocycles.